The number of aromatic nitrogens is 1. The van der Waals surface area contributed by atoms with E-state index in [2.05, 4.69) is 24.0 Å². The van der Waals surface area contributed by atoms with E-state index in [4.69, 9.17) is 9.73 Å². The van der Waals surface area contributed by atoms with Crippen molar-refractivity contribution in [1.82, 2.24) is 4.98 Å². The third-order valence-electron chi connectivity index (χ3n) is 4.13. The van der Waals surface area contributed by atoms with Crippen LogP contribution in [0.1, 0.15) is 43.0 Å². The number of benzene rings is 1. The van der Waals surface area contributed by atoms with Gasteiger partial charge in [-0.15, -0.1) is 0 Å². The second-order valence-corrected chi connectivity index (χ2v) is 5.72. The van der Waals surface area contributed by atoms with Gasteiger partial charge in [0.1, 0.15) is 5.75 Å². The molecule has 1 aromatic heterocycles. The van der Waals surface area contributed by atoms with Crippen LogP contribution in [-0.4, -0.2) is 23.8 Å². The first-order valence-electron chi connectivity index (χ1n) is 7.98. The molecule has 1 aliphatic heterocycles. The number of nitrogens with zero attached hydrogens (tertiary/aromatic N) is 2. The van der Waals surface area contributed by atoms with Gasteiger partial charge >= 0.3 is 0 Å². The van der Waals surface area contributed by atoms with E-state index in [1.54, 1.807) is 7.11 Å². The Morgan fingerprint density at radius 2 is 2.14 bits per heavy atom. The van der Waals surface area contributed by atoms with Gasteiger partial charge in [0.25, 0.3) is 0 Å². The number of aliphatic imine (C=N–C) groups is 1. The molecule has 1 atom stereocenters. The first-order chi connectivity index (χ1) is 10.8. The molecule has 1 aliphatic rings. The second kappa shape index (κ2) is 6.73. The molecule has 114 valence electrons. The maximum Gasteiger partial charge on any atom is 0.119 e. The molecule has 22 heavy (non-hydrogen) atoms. The largest absolute Gasteiger partial charge is 0.497 e. The number of hydrogen-bond donors (Lipinski definition) is 0. The summed E-state index contributed by atoms with van der Waals surface area (Å²) in [6.45, 7) is 2.23. The molecule has 0 unspecified atom stereocenters. The quantitative estimate of drug-likeness (QED) is 0.834. The third-order valence-corrected chi connectivity index (χ3v) is 4.13. The van der Waals surface area contributed by atoms with E-state index >= 15 is 0 Å². The predicted molar refractivity (Wildman–Crippen MR) is 89.9 cm³/mol. The fourth-order valence-corrected chi connectivity index (χ4v) is 2.96. The van der Waals surface area contributed by atoms with E-state index < -0.39 is 0 Å². The minimum absolute atomic E-state index is 0.344. The zero-order valence-electron chi connectivity index (χ0n) is 13.2. The molecule has 0 saturated carbocycles. The lowest BCUT2D eigenvalue weighted by Crippen LogP contribution is -2.22. The highest BCUT2D eigenvalue weighted by Gasteiger charge is 2.22. The van der Waals surface area contributed by atoms with Crippen molar-refractivity contribution >= 4 is 5.71 Å². The normalized spacial score (nSPS) is 16.8. The number of hydrogen-bond acceptors (Lipinski definition) is 3. The van der Waals surface area contributed by atoms with Crippen LogP contribution in [0, 0.1) is 0 Å². The van der Waals surface area contributed by atoms with Gasteiger partial charge in [0, 0.05) is 11.8 Å². The van der Waals surface area contributed by atoms with E-state index in [-0.39, 0.29) is 0 Å². The van der Waals surface area contributed by atoms with Crippen molar-refractivity contribution in [2.75, 3.05) is 7.11 Å². The summed E-state index contributed by atoms with van der Waals surface area (Å²) >= 11 is 0. The molecule has 0 amide bonds. The van der Waals surface area contributed by atoms with E-state index in [0.29, 0.717) is 6.04 Å². The first kappa shape index (κ1) is 14.8. The molecule has 2 heterocycles. The van der Waals surface area contributed by atoms with Crippen LogP contribution in [0.5, 0.6) is 5.75 Å². The lowest BCUT2D eigenvalue weighted by molar-refractivity contribution is 0.414. The molecular weight excluding hydrogens is 272 g/mol. The van der Waals surface area contributed by atoms with Gasteiger partial charge in [0.2, 0.25) is 0 Å². The van der Waals surface area contributed by atoms with Crippen LogP contribution >= 0.6 is 0 Å². The Balaban J connectivity index is 2.02. The number of methoxy groups -OCH3 is 1. The minimum Gasteiger partial charge on any atom is -0.497 e. The number of pyridine rings is 1. The van der Waals surface area contributed by atoms with E-state index in [1.807, 2.05) is 30.5 Å². The molecule has 3 rings (SSSR count). The summed E-state index contributed by atoms with van der Waals surface area (Å²) in [5.41, 5.74) is 4.48. The molecule has 0 saturated heterocycles. The summed E-state index contributed by atoms with van der Waals surface area (Å²) in [6.07, 6.45) is 6.36. The Labute approximate surface area is 132 Å². The zero-order valence-corrected chi connectivity index (χ0v) is 13.2. The summed E-state index contributed by atoms with van der Waals surface area (Å²) in [6, 6.07) is 12.6. The number of fused-ring (bicyclic) bond motifs is 1. The molecule has 2 aromatic rings. The Morgan fingerprint density at radius 1 is 1.23 bits per heavy atom. The summed E-state index contributed by atoms with van der Waals surface area (Å²) in [4.78, 5) is 9.50. The summed E-state index contributed by atoms with van der Waals surface area (Å²) in [5, 5.41) is 0. The SMILES string of the molecule is CCCC[C@H]1Cc2cc(OC)ccc2C(c2ccccn2)=N1. The van der Waals surface area contributed by atoms with Crippen molar-refractivity contribution in [3.05, 3.63) is 59.4 Å². The zero-order chi connectivity index (χ0) is 15.4. The number of ether oxygens (including phenoxy) is 1. The van der Waals surface area contributed by atoms with Gasteiger partial charge in [-0.25, -0.2) is 0 Å². The van der Waals surface area contributed by atoms with Crippen LogP contribution in [0.15, 0.2) is 47.6 Å². The smallest absolute Gasteiger partial charge is 0.119 e. The maximum absolute atomic E-state index is 5.38. The average Bonchev–Trinajstić information content (AvgIpc) is 2.59. The summed E-state index contributed by atoms with van der Waals surface area (Å²) < 4.78 is 5.38. The van der Waals surface area contributed by atoms with E-state index in [1.165, 1.54) is 24.0 Å². The molecule has 3 nitrogen and oxygen atoms in total. The lowest BCUT2D eigenvalue weighted by atomic mass is 9.90. The van der Waals surface area contributed by atoms with E-state index in [0.717, 1.165) is 30.0 Å². The highest BCUT2D eigenvalue weighted by molar-refractivity contribution is 6.13. The Bertz CT molecular complexity index is 664. The van der Waals surface area contributed by atoms with Gasteiger partial charge in [-0.2, -0.15) is 0 Å². The van der Waals surface area contributed by atoms with Crippen LogP contribution in [-0.2, 0) is 6.42 Å². The Morgan fingerprint density at radius 3 is 2.86 bits per heavy atom. The van der Waals surface area contributed by atoms with Crippen molar-refractivity contribution < 1.29 is 4.74 Å². The summed E-state index contributed by atoms with van der Waals surface area (Å²) in [5.74, 6) is 0.912. The molecular formula is C19H22N2O. The minimum atomic E-state index is 0.344. The highest BCUT2D eigenvalue weighted by atomic mass is 16.5. The van der Waals surface area contributed by atoms with Crippen molar-refractivity contribution in [2.24, 2.45) is 4.99 Å². The molecule has 0 N–H and O–H groups in total. The van der Waals surface area contributed by atoms with Crippen molar-refractivity contribution in [1.29, 1.82) is 0 Å². The van der Waals surface area contributed by atoms with Crippen LogP contribution in [0.4, 0.5) is 0 Å². The maximum atomic E-state index is 5.38. The fourth-order valence-electron chi connectivity index (χ4n) is 2.96. The van der Waals surface area contributed by atoms with Crippen LogP contribution in [0.2, 0.25) is 0 Å². The van der Waals surface area contributed by atoms with Gasteiger partial charge in [0.15, 0.2) is 0 Å². The number of rotatable bonds is 5. The molecule has 3 heteroatoms. The van der Waals surface area contributed by atoms with Crippen LogP contribution in [0.3, 0.4) is 0 Å². The molecule has 0 aliphatic carbocycles. The fraction of sp³-hybridized carbons (Fsp3) is 0.368. The number of unbranched alkanes of at least 4 members (excludes halogenated alkanes) is 1. The second-order valence-electron chi connectivity index (χ2n) is 5.72. The molecule has 0 spiro atoms. The Kier molecular flexibility index (Phi) is 4.52. The van der Waals surface area contributed by atoms with Crippen LogP contribution < -0.4 is 4.74 Å². The molecule has 0 fully saturated rings. The highest BCUT2D eigenvalue weighted by Crippen LogP contribution is 2.28. The van der Waals surface area contributed by atoms with Gasteiger partial charge < -0.3 is 4.74 Å². The average molecular weight is 294 g/mol. The van der Waals surface area contributed by atoms with Gasteiger partial charge in [0.05, 0.1) is 24.6 Å². The van der Waals surface area contributed by atoms with E-state index in [9.17, 15) is 0 Å². The van der Waals surface area contributed by atoms with Gasteiger partial charge in [-0.05, 0) is 48.7 Å². The topological polar surface area (TPSA) is 34.5 Å². The first-order valence-corrected chi connectivity index (χ1v) is 7.98. The lowest BCUT2D eigenvalue weighted by Gasteiger charge is -2.24. The van der Waals surface area contributed by atoms with Gasteiger partial charge in [-0.1, -0.05) is 25.8 Å². The monoisotopic (exact) mass is 294 g/mol. The van der Waals surface area contributed by atoms with Gasteiger partial charge in [-0.3, -0.25) is 9.98 Å². The molecule has 0 bridgehead atoms. The predicted octanol–water partition coefficient (Wildman–Crippen LogP) is 4.04. The molecule has 1 aromatic carbocycles. The van der Waals surface area contributed by atoms with Crippen molar-refractivity contribution in [3.63, 3.8) is 0 Å². The van der Waals surface area contributed by atoms with Crippen LogP contribution in [0.25, 0.3) is 0 Å². The standard InChI is InChI=1S/C19H22N2O/c1-3-4-7-15-12-14-13-16(22-2)9-10-17(14)19(21-15)18-8-5-6-11-20-18/h5-6,8-11,13,15H,3-4,7,12H2,1-2H3/t15-/m0/s1. The Hall–Kier alpha value is -2.16. The molecule has 0 radical (unpaired) electrons. The summed E-state index contributed by atoms with van der Waals surface area (Å²) in [7, 11) is 1.72. The van der Waals surface area contributed by atoms with Crippen molar-refractivity contribution in [2.45, 2.75) is 38.6 Å². The third kappa shape index (κ3) is 3.03. The van der Waals surface area contributed by atoms with Crippen molar-refractivity contribution in [3.8, 4) is 5.75 Å².